The van der Waals surface area contributed by atoms with Gasteiger partial charge < -0.3 is 0 Å². The van der Waals surface area contributed by atoms with E-state index in [0.717, 1.165) is 9.87 Å². The molecule has 0 aliphatic heterocycles. The van der Waals surface area contributed by atoms with Gasteiger partial charge in [0.25, 0.3) is 10.0 Å². The maximum absolute atomic E-state index is 13.0. The lowest BCUT2D eigenvalue weighted by Crippen LogP contribution is -2.42. The average Bonchev–Trinajstić information content (AvgIpc) is 2.49. The minimum atomic E-state index is -3.94. The van der Waals surface area contributed by atoms with Crippen LogP contribution in [0.25, 0.3) is 0 Å². The second-order valence-electron chi connectivity index (χ2n) is 5.05. The molecule has 0 fully saturated rings. The number of rotatable bonds is 5. The Morgan fingerprint density at radius 1 is 1.13 bits per heavy atom. The highest BCUT2D eigenvalue weighted by Gasteiger charge is 2.33. The number of halogens is 2. The lowest BCUT2D eigenvalue weighted by atomic mass is 10.2. The molecule has 2 aromatic rings. The summed E-state index contributed by atoms with van der Waals surface area (Å²) < 4.78 is 27.7. The standard InChI is InChI=1S/C16H15BrClNO3S/c1-11-7-9-13(10-8-11)23(21,22)19(12(2)16(18)20)15-6-4-3-5-14(15)17/h3-10,12H,1-2H3. The number of carbonyl (C=O) groups is 1. The minimum absolute atomic E-state index is 0.101. The maximum Gasteiger partial charge on any atom is 0.265 e. The van der Waals surface area contributed by atoms with Gasteiger partial charge in [0.15, 0.2) is 0 Å². The second-order valence-corrected chi connectivity index (χ2v) is 8.09. The quantitative estimate of drug-likeness (QED) is 0.689. The van der Waals surface area contributed by atoms with E-state index in [1.807, 2.05) is 6.92 Å². The van der Waals surface area contributed by atoms with E-state index in [2.05, 4.69) is 15.9 Å². The Balaban J connectivity index is 2.64. The maximum atomic E-state index is 13.0. The molecule has 0 radical (unpaired) electrons. The van der Waals surface area contributed by atoms with Gasteiger partial charge >= 0.3 is 0 Å². The van der Waals surface area contributed by atoms with Gasteiger partial charge in [-0.2, -0.15) is 0 Å². The zero-order valence-corrected chi connectivity index (χ0v) is 15.7. The summed E-state index contributed by atoms with van der Waals surface area (Å²) in [7, 11) is -3.94. The summed E-state index contributed by atoms with van der Waals surface area (Å²) in [5.74, 6) is 0. The van der Waals surface area contributed by atoms with Crippen LogP contribution in [0, 0.1) is 6.92 Å². The third-order valence-electron chi connectivity index (χ3n) is 3.35. The first-order valence-electron chi connectivity index (χ1n) is 6.80. The number of hydrogen-bond acceptors (Lipinski definition) is 3. The molecule has 4 nitrogen and oxygen atoms in total. The van der Waals surface area contributed by atoms with Crippen molar-refractivity contribution in [2.75, 3.05) is 4.31 Å². The number of carbonyl (C=O) groups excluding carboxylic acids is 1. The number of hydrogen-bond donors (Lipinski definition) is 0. The molecule has 0 bridgehead atoms. The molecule has 0 saturated carbocycles. The number of anilines is 1. The Kier molecular flexibility index (Phi) is 5.49. The molecule has 2 aromatic carbocycles. The molecule has 7 heteroatoms. The van der Waals surface area contributed by atoms with Gasteiger partial charge in [-0.1, -0.05) is 29.8 Å². The summed E-state index contributed by atoms with van der Waals surface area (Å²) in [5, 5.41) is -0.753. The van der Waals surface area contributed by atoms with Crippen LogP contribution in [-0.4, -0.2) is 19.7 Å². The fourth-order valence-corrected chi connectivity index (χ4v) is 4.48. The fraction of sp³-hybridized carbons (Fsp3) is 0.188. The molecule has 0 saturated heterocycles. The van der Waals surface area contributed by atoms with Crippen molar-refractivity contribution >= 4 is 48.5 Å². The van der Waals surface area contributed by atoms with Crippen LogP contribution in [0.1, 0.15) is 12.5 Å². The Labute approximate surface area is 149 Å². The highest BCUT2D eigenvalue weighted by Crippen LogP contribution is 2.33. The van der Waals surface area contributed by atoms with Gasteiger partial charge in [-0.25, -0.2) is 8.42 Å². The van der Waals surface area contributed by atoms with Crippen LogP contribution < -0.4 is 4.31 Å². The molecule has 23 heavy (non-hydrogen) atoms. The van der Waals surface area contributed by atoms with Crippen LogP contribution in [0.3, 0.4) is 0 Å². The molecule has 0 aliphatic carbocycles. The average molecular weight is 417 g/mol. The Morgan fingerprint density at radius 2 is 1.70 bits per heavy atom. The third-order valence-corrected chi connectivity index (χ3v) is 6.23. The van der Waals surface area contributed by atoms with Crippen molar-refractivity contribution in [2.45, 2.75) is 24.8 Å². The molecular weight excluding hydrogens is 402 g/mol. The van der Waals surface area contributed by atoms with Crippen LogP contribution in [-0.2, 0) is 14.8 Å². The van der Waals surface area contributed by atoms with Gasteiger partial charge in [-0.05, 0) is 65.6 Å². The van der Waals surface area contributed by atoms with Gasteiger partial charge in [0.2, 0.25) is 5.24 Å². The van der Waals surface area contributed by atoms with Crippen molar-refractivity contribution in [2.24, 2.45) is 0 Å². The van der Waals surface area contributed by atoms with Crippen LogP contribution in [0.4, 0.5) is 5.69 Å². The van der Waals surface area contributed by atoms with E-state index >= 15 is 0 Å². The summed E-state index contributed by atoms with van der Waals surface area (Å²) in [6.07, 6.45) is 0. The van der Waals surface area contributed by atoms with Crippen molar-refractivity contribution in [3.8, 4) is 0 Å². The lowest BCUT2D eigenvalue weighted by molar-refractivity contribution is -0.112. The Morgan fingerprint density at radius 3 is 2.22 bits per heavy atom. The van der Waals surface area contributed by atoms with Gasteiger partial charge in [0, 0.05) is 4.47 Å². The first kappa shape index (κ1) is 18.0. The molecule has 1 atom stereocenters. The molecular formula is C16H15BrClNO3S. The summed E-state index contributed by atoms with van der Waals surface area (Å²) >= 11 is 8.91. The predicted molar refractivity (Wildman–Crippen MR) is 95.3 cm³/mol. The summed E-state index contributed by atoms with van der Waals surface area (Å²) in [5.41, 5.74) is 1.30. The summed E-state index contributed by atoms with van der Waals surface area (Å²) in [6.45, 7) is 3.33. The first-order chi connectivity index (χ1) is 10.7. The minimum Gasteiger partial charge on any atom is -0.279 e. The predicted octanol–water partition coefficient (Wildman–Crippen LogP) is 4.11. The van der Waals surface area contributed by atoms with Gasteiger partial charge in [0.1, 0.15) is 6.04 Å². The van der Waals surface area contributed by atoms with Crippen LogP contribution in [0.5, 0.6) is 0 Å². The van der Waals surface area contributed by atoms with E-state index in [0.29, 0.717) is 10.2 Å². The van der Waals surface area contributed by atoms with E-state index in [1.165, 1.54) is 19.1 Å². The Bertz CT molecular complexity index is 821. The van der Waals surface area contributed by atoms with Gasteiger partial charge in [-0.3, -0.25) is 9.10 Å². The van der Waals surface area contributed by atoms with E-state index in [4.69, 9.17) is 11.6 Å². The molecule has 0 N–H and O–H groups in total. The van der Waals surface area contributed by atoms with Crippen LogP contribution in [0.15, 0.2) is 57.9 Å². The molecule has 0 aliphatic rings. The number of nitrogens with zero attached hydrogens (tertiary/aromatic N) is 1. The number of sulfonamides is 1. The van der Waals surface area contributed by atoms with Gasteiger partial charge in [-0.15, -0.1) is 0 Å². The van der Waals surface area contributed by atoms with Crippen molar-refractivity contribution in [3.05, 3.63) is 58.6 Å². The Hall–Kier alpha value is -1.37. The smallest absolute Gasteiger partial charge is 0.265 e. The molecule has 122 valence electrons. The molecule has 0 amide bonds. The number of aryl methyl sites for hydroxylation is 1. The molecule has 1 unspecified atom stereocenters. The third kappa shape index (κ3) is 3.76. The topological polar surface area (TPSA) is 54.5 Å². The van der Waals surface area contributed by atoms with E-state index in [9.17, 15) is 13.2 Å². The molecule has 2 rings (SSSR count). The normalized spacial score (nSPS) is 12.7. The number of para-hydroxylation sites is 1. The van der Waals surface area contributed by atoms with Crippen LogP contribution in [0.2, 0.25) is 0 Å². The lowest BCUT2D eigenvalue weighted by Gasteiger charge is -2.29. The van der Waals surface area contributed by atoms with Crippen LogP contribution >= 0.6 is 27.5 Å². The highest BCUT2D eigenvalue weighted by atomic mass is 79.9. The largest absolute Gasteiger partial charge is 0.279 e. The number of benzene rings is 2. The van der Waals surface area contributed by atoms with Crippen molar-refractivity contribution in [3.63, 3.8) is 0 Å². The van der Waals surface area contributed by atoms with E-state index in [-0.39, 0.29) is 4.90 Å². The van der Waals surface area contributed by atoms with E-state index in [1.54, 1.807) is 36.4 Å². The molecule has 0 spiro atoms. The first-order valence-corrected chi connectivity index (χ1v) is 9.41. The zero-order chi connectivity index (χ0) is 17.2. The monoisotopic (exact) mass is 415 g/mol. The van der Waals surface area contributed by atoms with Gasteiger partial charge in [0.05, 0.1) is 10.6 Å². The van der Waals surface area contributed by atoms with Crippen molar-refractivity contribution in [1.29, 1.82) is 0 Å². The summed E-state index contributed by atoms with van der Waals surface area (Å²) in [6, 6.07) is 12.2. The second kappa shape index (κ2) is 7.03. The molecule has 0 heterocycles. The van der Waals surface area contributed by atoms with Crippen molar-refractivity contribution in [1.82, 2.24) is 0 Å². The fourth-order valence-electron chi connectivity index (χ4n) is 2.09. The highest BCUT2D eigenvalue weighted by molar-refractivity contribution is 9.10. The summed E-state index contributed by atoms with van der Waals surface area (Å²) in [4.78, 5) is 11.7. The SMILES string of the molecule is Cc1ccc(S(=O)(=O)N(c2ccccc2Br)C(C)C(=O)Cl)cc1. The molecule has 0 aromatic heterocycles. The van der Waals surface area contributed by atoms with Crippen molar-refractivity contribution < 1.29 is 13.2 Å². The zero-order valence-electron chi connectivity index (χ0n) is 12.5. The van der Waals surface area contributed by atoms with E-state index < -0.39 is 21.3 Å².